The summed E-state index contributed by atoms with van der Waals surface area (Å²) >= 11 is 3.34. The van der Waals surface area contributed by atoms with Crippen molar-refractivity contribution in [3.63, 3.8) is 0 Å². The number of carbonyl (C=O) groups excluding carboxylic acids is 2. The molecule has 0 aliphatic carbocycles. The van der Waals surface area contributed by atoms with Gasteiger partial charge in [0, 0.05) is 11.5 Å². The monoisotopic (exact) mass is 492 g/mol. The fraction of sp³-hybridized carbons (Fsp3) is 0.192. The molecule has 3 aromatic carbocycles. The van der Waals surface area contributed by atoms with Crippen LogP contribution < -0.4 is 10.1 Å². The van der Waals surface area contributed by atoms with Gasteiger partial charge in [0.15, 0.2) is 12.4 Å². The predicted molar refractivity (Wildman–Crippen MR) is 139 cm³/mol. The highest BCUT2D eigenvalue weighted by molar-refractivity contribution is 8.38. The summed E-state index contributed by atoms with van der Waals surface area (Å²) in [4.78, 5) is 29.6. The number of hydrogen-bond acceptors (Lipinski definition) is 7. The largest absolute Gasteiger partial charge is 0.455 e. The molecule has 174 valence electrons. The molecule has 8 heteroatoms. The Kier molecular flexibility index (Phi) is 8.27. The minimum atomic E-state index is -0.531. The summed E-state index contributed by atoms with van der Waals surface area (Å²) in [5.41, 5.74) is 2.93. The lowest BCUT2D eigenvalue weighted by Gasteiger charge is -2.13. The van der Waals surface area contributed by atoms with E-state index in [0.717, 1.165) is 27.8 Å². The molecule has 0 spiro atoms. The molecule has 0 atom stereocenters. The topological polar surface area (TPSA) is 77.0 Å². The van der Waals surface area contributed by atoms with Crippen LogP contribution in [0.5, 0.6) is 11.5 Å². The molecule has 1 heterocycles. The lowest BCUT2D eigenvalue weighted by Crippen LogP contribution is -2.21. The molecule has 0 saturated carbocycles. The third kappa shape index (κ3) is 6.65. The first-order chi connectivity index (χ1) is 16.6. The maximum absolute atomic E-state index is 12.7. The van der Waals surface area contributed by atoms with Gasteiger partial charge in [-0.05, 0) is 42.8 Å². The lowest BCUT2D eigenvalue weighted by molar-refractivity contribution is -0.119. The highest BCUT2D eigenvalue weighted by Gasteiger charge is 2.17. The highest BCUT2D eigenvalue weighted by atomic mass is 32.2. The number of nitrogens with one attached hydrogen (secondary N) is 1. The van der Waals surface area contributed by atoms with Crippen molar-refractivity contribution in [2.45, 2.75) is 12.7 Å². The van der Waals surface area contributed by atoms with Gasteiger partial charge in [-0.15, -0.1) is 0 Å². The molecule has 34 heavy (non-hydrogen) atoms. The van der Waals surface area contributed by atoms with E-state index in [-0.39, 0.29) is 0 Å². The zero-order valence-corrected chi connectivity index (χ0v) is 20.3. The number of anilines is 1. The summed E-state index contributed by atoms with van der Waals surface area (Å²) in [6.45, 7) is 2.44. The van der Waals surface area contributed by atoms with Gasteiger partial charge in [-0.25, -0.2) is 4.79 Å². The second-order valence-electron chi connectivity index (χ2n) is 7.48. The van der Waals surface area contributed by atoms with Gasteiger partial charge in [-0.2, -0.15) is 0 Å². The van der Waals surface area contributed by atoms with Gasteiger partial charge in [0.05, 0.1) is 17.8 Å². The molecule has 0 aromatic heterocycles. The zero-order chi connectivity index (χ0) is 23.8. The molecule has 4 rings (SSSR count). The Bertz CT molecular complexity index is 1200. The Hall–Kier alpha value is -3.23. The summed E-state index contributed by atoms with van der Waals surface area (Å²) < 4.78 is 12.3. The minimum Gasteiger partial charge on any atom is -0.455 e. The highest BCUT2D eigenvalue weighted by Crippen LogP contribution is 2.30. The van der Waals surface area contributed by atoms with E-state index in [2.05, 4.69) is 10.3 Å². The second kappa shape index (κ2) is 11.8. The molecular formula is C26H24N2O4S2. The molecule has 0 saturated heterocycles. The summed E-state index contributed by atoms with van der Waals surface area (Å²) in [7, 11) is 0. The maximum atomic E-state index is 12.7. The van der Waals surface area contributed by atoms with Crippen molar-refractivity contribution < 1.29 is 19.1 Å². The Morgan fingerprint density at radius 1 is 1.03 bits per heavy atom. The van der Waals surface area contributed by atoms with Crippen molar-refractivity contribution in [1.29, 1.82) is 0 Å². The standard InChI is InChI=1S/C26H24N2O4S2/c1-18-10-12-20(13-11-18)32-23-9-5-4-8-22(23)28-24(29)16-31-25(30)21-7-3-2-6-19(21)17-34-26-27-14-15-33-26/h2-13H,14-17H2,1H3,(H,28,29). The van der Waals surface area contributed by atoms with Gasteiger partial charge in [-0.1, -0.05) is 71.6 Å². The quantitative estimate of drug-likeness (QED) is 0.394. The normalized spacial score (nSPS) is 12.7. The minimum absolute atomic E-state index is 0.401. The predicted octanol–water partition coefficient (Wildman–Crippen LogP) is 5.92. The molecule has 0 unspecified atom stereocenters. The van der Waals surface area contributed by atoms with Gasteiger partial charge in [0.25, 0.3) is 5.91 Å². The van der Waals surface area contributed by atoms with Crippen LogP contribution in [0.15, 0.2) is 77.8 Å². The Morgan fingerprint density at radius 2 is 1.79 bits per heavy atom. The number of amides is 1. The van der Waals surface area contributed by atoms with Gasteiger partial charge in [0.1, 0.15) is 10.1 Å². The molecule has 1 amide bonds. The first-order valence-electron chi connectivity index (χ1n) is 10.8. The number of aryl methyl sites for hydroxylation is 1. The summed E-state index contributed by atoms with van der Waals surface area (Å²) in [5, 5.41) is 2.76. The van der Waals surface area contributed by atoms with Gasteiger partial charge in [0.2, 0.25) is 0 Å². The van der Waals surface area contributed by atoms with Gasteiger partial charge in [-0.3, -0.25) is 9.79 Å². The Balaban J connectivity index is 1.34. The van der Waals surface area contributed by atoms with Crippen LogP contribution in [0.3, 0.4) is 0 Å². The van der Waals surface area contributed by atoms with Crippen LogP contribution in [0.25, 0.3) is 0 Å². The van der Waals surface area contributed by atoms with Gasteiger partial charge < -0.3 is 14.8 Å². The molecule has 0 radical (unpaired) electrons. The van der Waals surface area contributed by atoms with E-state index in [1.165, 1.54) is 0 Å². The molecule has 1 N–H and O–H groups in total. The fourth-order valence-corrected chi connectivity index (χ4v) is 5.19. The summed E-state index contributed by atoms with van der Waals surface area (Å²) in [5.74, 6) is 1.80. The number of thioether (sulfide) groups is 2. The van der Waals surface area contributed by atoms with E-state index in [4.69, 9.17) is 9.47 Å². The SMILES string of the molecule is Cc1ccc(Oc2ccccc2NC(=O)COC(=O)c2ccccc2CSC2=NCCS2)cc1. The van der Waals surface area contributed by atoms with Crippen molar-refractivity contribution in [2.75, 3.05) is 24.2 Å². The van der Waals surface area contributed by atoms with E-state index in [9.17, 15) is 9.59 Å². The van der Waals surface area contributed by atoms with Crippen LogP contribution >= 0.6 is 23.5 Å². The number of para-hydroxylation sites is 2. The summed E-state index contributed by atoms with van der Waals surface area (Å²) in [6, 6.07) is 22.0. The van der Waals surface area contributed by atoms with Gasteiger partial charge >= 0.3 is 5.97 Å². The number of benzene rings is 3. The number of aliphatic imine (C=N–C) groups is 1. The zero-order valence-electron chi connectivity index (χ0n) is 18.7. The number of rotatable bonds is 8. The van der Waals surface area contributed by atoms with E-state index in [0.29, 0.717) is 28.5 Å². The van der Waals surface area contributed by atoms with E-state index < -0.39 is 18.5 Å². The van der Waals surface area contributed by atoms with Crippen LogP contribution in [-0.2, 0) is 15.3 Å². The Morgan fingerprint density at radius 3 is 2.59 bits per heavy atom. The van der Waals surface area contributed by atoms with Crippen LogP contribution in [0.2, 0.25) is 0 Å². The molecule has 1 aliphatic heterocycles. The third-order valence-electron chi connectivity index (χ3n) is 4.89. The van der Waals surface area contributed by atoms with Crippen LogP contribution in [0.1, 0.15) is 21.5 Å². The molecular weight excluding hydrogens is 468 g/mol. The fourth-order valence-electron chi connectivity index (χ4n) is 3.17. The van der Waals surface area contributed by atoms with Crippen LogP contribution in [-0.4, -0.2) is 35.2 Å². The van der Waals surface area contributed by atoms with Crippen LogP contribution in [0, 0.1) is 6.92 Å². The lowest BCUT2D eigenvalue weighted by atomic mass is 10.1. The number of ether oxygens (including phenoxy) is 2. The first kappa shape index (κ1) is 23.9. The smallest absolute Gasteiger partial charge is 0.338 e. The number of esters is 1. The van der Waals surface area contributed by atoms with Crippen molar-refractivity contribution in [2.24, 2.45) is 4.99 Å². The number of carbonyl (C=O) groups is 2. The molecule has 6 nitrogen and oxygen atoms in total. The van der Waals surface area contributed by atoms with Crippen molar-refractivity contribution >= 4 is 45.5 Å². The van der Waals surface area contributed by atoms with Crippen LogP contribution in [0.4, 0.5) is 5.69 Å². The average molecular weight is 493 g/mol. The first-order valence-corrected chi connectivity index (χ1v) is 12.7. The molecule has 0 bridgehead atoms. The van der Waals surface area contributed by atoms with Crippen molar-refractivity contribution in [1.82, 2.24) is 0 Å². The molecule has 0 fully saturated rings. The molecule has 3 aromatic rings. The molecule has 1 aliphatic rings. The number of hydrogen-bond donors (Lipinski definition) is 1. The summed E-state index contributed by atoms with van der Waals surface area (Å²) in [6.07, 6.45) is 0. The second-order valence-corrected chi connectivity index (χ2v) is 9.78. The Labute approximate surface area is 207 Å². The number of nitrogens with zero attached hydrogens (tertiary/aromatic N) is 1. The van der Waals surface area contributed by atoms with E-state index in [1.54, 1.807) is 53.9 Å². The maximum Gasteiger partial charge on any atom is 0.338 e. The van der Waals surface area contributed by atoms with E-state index in [1.807, 2.05) is 49.4 Å². The average Bonchev–Trinajstić information content (AvgIpc) is 3.38. The van der Waals surface area contributed by atoms with Crippen molar-refractivity contribution in [3.8, 4) is 11.5 Å². The third-order valence-corrected chi connectivity index (χ3v) is 7.19. The van der Waals surface area contributed by atoms with E-state index >= 15 is 0 Å². The van der Waals surface area contributed by atoms with Crippen molar-refractivity contribution in [3.05, 3.63) is 89.5 Å².